The smallest absolute Gasteiger partial charge is 0.146 e. The molecule has 1 saturated heterocycles. The van der Waals surface area contributed by atoms with Gasteiger partial charge < -0.3 is 14.0 Å². The van der Waals surface area contributed by atoms with Gasteiger partial charge in [0.05, 0.1) is 25.8 Å². The summed E-state index contributed by atoms with van der Waals surface area (Å²) in [4.78, 5) is 2.39. The van der Waals surface area contributed by atoms with E-state index in [0.29, 0.717) is 5.75 Å². The summed E-state index contributed by atoms with van der Waals surface area (Å²) in [7, 11) is 1.59. The third kappa shape index (κ3) is 2.89. The predicted molar refractivity (Wildman–Crippen MR) is 80.4 cm³/mol. The third-order valence-electron chi connectivity index (χ3n) is 4.09. The van der Waals surface area contributed by atoms with Crippen molar-refractivity contribution in [1.29, 1.82) is 0 Å². The van der Waals surface area contributed by atoms with Gasteiger partial charge in [-0.05, 0) is 19.1 Å². The molecule has 0 N–H and O–H groups in total. The Hall–Kier alpha value is -1.59. The van der Waals surface area contributed by atoms with E-state index in [9.17, 15) is 4.39 Å². The first-order valence-corrected chi connectivity index (χ1v) is 7.32. The molecule has 1 fully saturated rings. The lowest BCUT2D eigenvalue weighted by Crippen LogP contribution is -2.38. The van der Waals surface area contributed by atoms with Gasteiger partial charge in [0, 0.05) is 43.3 Å². The minimum absolute atomic E-state index is 0.260. The summed E-state index contributed by atoms with van der Waals surface area (Å²) in [5.41, 5.74) is 2.10. The van der Waals surface area contributed by atoms with Gasteiger partial charge in [-0.25, -0.2) is 4.39 Å². The highest BCUT2D eigenvalue weighted by Gasteiger charge is 2.15. The van der Waals surface area contributed by atoms with E-state index in [2.05, 4.69) is 16.4 Å². The quantitative estimate of drug-likeness (QED) is 0.866. The van der Waals surface area contributed by atoms with Crippen LogP contribution in [0.2, 0.25) is 0 Å². The molecule has 0 bridgehead atoms. The number of halogens is 1. The predicted octanol–water partition coefficient (Wildman–Crippen LogP) is 2.43. The van der Waals surface area contributed by atoms with Crippen LogP contribution >= 0.6 is 0 Å². The number of nitrogens with zero attached hydrogens (tertiary/aromatic N) is 2. The summed E-state index contributed by atoms with van der Waals surface area (Å²) in [6.07, 6.45) is 0. The number of ether oxygens (including phenoxy) is 2. The molecule has 1 aromatic carbocycles. The van der Waals surface area contributed by atoms with Gasteiger partial charge in [0.25, 0.3) is 0 Å². The highest BCUT2D eigenvalue weighted by atomic mass is 19.1. The maximum absolute atomic E-state index is 13.6. The maximum Gasteiger partial charge on any atom is 0.146 e. The van der Waals surface area contributed by atoms with Gasteiger partial charge in [-0.3, -0.25) is 4.90 Å². The first-order valence-electron chi connectivity index (χ1n) is 7.32. The molecule has 0 amide bonds. The number of benzene rings is 1. The Bertz CT molecular complexity index is 633. The van der Waals surface area contributed by atoms with Crippen LogP contribution in [0.5, 0.6) is 5.75 Å². The van der Waals surface area contributed by atoms with Crippen molar-refractivity contribution >= 4 is 10.9 Å². The Morgan fingerprint density at radius 3 is 2.67 bits per heavy atom. The van der Waals surface area contributed by atoms with Crippen molar-refractivity contribution in [3.8, 4) is 5.75 Å². The summed E-state index contributed by atoms with van der Waals surface area (Å²) in [6.45, 7) is 7.45. The van der Waals surface area contributed by atoms with E-state index in [1.807, 2.05) is 6.07 Å². The number of fused-ring (bicyclic) bond motifs is 1. The Labute approximate surface area is 124 Å². The number of hydrogen-bond acceptors (Lipinski definition) is 3. The summed E-state index contributed by atoms with van der Waals surface area (Å²) in [5, 5.41) is 0.895. The summed E-state index contributed by atoms with van der Waals surface area (Å²) < 4.78 is 26.5. The fourth-order valence-electron chi connectivity index (χ4n) is 2.98. The molecule has 2 heterocycles. The molecule has 0 radical (unpaired) electrons. The number of aryl methyl sites for hydroxylation is 1. The molecule has 0 spiro atoms. The van der Waals surface area contributed by atoms with Crippen LogP contribution in [-0.4, -0.2) is 49.4 Å². The van der Waals surface area contributed by atoms with Gasteiger partial charge >= 0.3 is 0 Å². The van der Waals surface area contributed by atoms with Crippen LogP contribution in [0.4, 0.5) is 4.39 Å². The van der Waals surface area contributed by atoms with Gasteiger partial charge in [0.15, 0.2) is 0 Å². The molecule has 0 saturated carbocycles. The second-order valence-corrected chi connectivity index (χ2v) is 5.44. The minimum Gasteiger partial charge on any atom is -0.494 e. The average Bonchev–Trinajstić information content (AvgIpc) is 2.80. The van der Waals surface area contributed by atoms with E-state index in [0.717, 1.165) is 56.0 Å². The number of morpholine rings is 1. The molecule has 1 aliphatic rings. The lowest BCUT2D eigenvalue weighted by Gasteiger charge is -2.27. The van der Waals surface area contributed by atoms with Crippen molar-refractivity contribution in [3.05, 3.63) is 29.7 Å². The standard InChI is InChI=1S/C16H21FN2O2/c1-12-9-13-10-14(17)11-15(20-2)16(13)19(12)4-3-18-5-7-21-8-6-18/h9-11H,3-8H2,1-2H3. The van der Waals surface area contributed by atoms with E-state index >= 15 is 0 Å². The summed E-state index contributed by atoms with van der Waals surface area (Å²) in [5.74, 6) is 0.338. The maximum atomic E-state index is 13.6. The van der Waals surface area contributed by atoms with Crippen molar-refractivity contribution in [3.63, 3.8) is 0 Å². The average molecular weight is 292 g/mol. The zero-order valence-corrected chi connectivity index (χ0v) is 12.6. The Morgan fingerprint density at radius 1 is 1.19 bits per heavy atom. The molecule has 5 heteroatoms. The molecular formula is C16H21FN2O2. The zero-order chi connectivity index (χ0) is 14.8. The topological polar surface area (TPSA) is 26.6 Å². The highest BCUT2D eigenvalue weighted by Crippen LogP contribution is 2.30. The fraction of sp³-hybridized carbons (Fsp3) is 0.500. The monoisotopic (exact) mass is 292 g/mol. The molecule has 3 rings (SSSR count). The van der Waals surface area contributed by atoms with Crippen LogP contribution in [0.1, 0.15) is 5.69 Å². The zero-order valence-electron chi connectivity index (χ0n) is 12.6. The second-order valence-electron chi connectivity index (χ2n) is 5.44. The van der Waals surface area contributed by atoms with Crippen molar-refractivity contribution in [2.24, 2.45) is 0 Å². The van der Waals surface area contributed by atoms with E-state index < -0.39 is 0 Å². The molecule has 1 aromatic heterocycles. The largest absolute Gasteiger partial charge is 0.494 e. The van der Waals surface area contributed by atoms with Crippen molar-refractivity contribution in [2.45, 2.75) is 13.5 Å². The number of methoxy groups -OCH3 is 1. The molecule has 0 unspecified atom stereocenters. The van der Waals surface area contributed by atoms with Gasteiger partial charge in [-0.2, -0.15) is 0 Å². The lowest BCUT2D eigenvalue weighted by molar-refractivity contribution is 0.0365. The van der Waals surface area contributed by atoms with E-state index in [-0.39, 0.29) is 5.82 Å². The van der Waals surface area contributed by atoms with Crippen LogP contribution in [0.15, 0.2) is 18.2 Å². The van der Waals surface area contributed by atoms with Gasteiger partial charge in [-0.15, -0.1) is 0 Å². The molecule has 114 valence electrons. The van der Waals surface area contributed by atoms with Crippen molar-refractivity contribution < 1.29 is 13.9 Å². The second kappa shape index (κ2) is 6.03. The fourth-order valence-corrected chi connectivity index (χ4v) is 2.98. The van der Waals surface area contributed by atoms with Crippen molar-refractivity contribution in [2.75, 3.05) is 40.0 Å². The molecule has 0 atom stereocenters. The van der Waals surface area contributed by atoms with Gasteiger partial charge in [0.1, 0.15) is 11.6 Å². The first kappa shape index (κ1) is 14.4. The van der Waals surface area contributed by atoms with Gasteiger partial charge in [0.2, 0.25) is 0 Å². The van der Waals surface area contributed by atoms with E-state index in [1.54, 1.807) is 13.2 Å². The number of aromatic nitrogens is 1. The van der Waals surface area contributed by atoms with Crippen LogP contribution in [0.3, 0.4) is 0 Å². The summed E-state index contributed by atoms with van der Waals surface area (Å²) >= 11 is 0. The van der Waals surface area contributed by atoms with Crippen LogP contribution < -0.4 is 4.74 Å². The molecular weight excluding hydrogens is 271 g/mol. The first-order chi connectivity index (χ1) is 10.2. The highest BCUT2D eigenvalue weighted by molar-refractivity contribution is 5.87. The normalized spacial score (nSPS) is 16.5. The molecule has 21 heavy (non-hydrogen) atoms. The van der Waals surface area contributed by atoms with Crippen LogP contribution in [-0.2, 0) is 11.3 Å². The SMILES string of the molecule is COc1cc(F)cc2cc(C)n(CCN3CCOCC3)c12. The lowest BCUT2D eigenvalue weighted by atomic mass is 10.2. The molecule has 0 aliphatic carbocycles. The van der Waals surface area contributed by atoms with E-state index in [4.69, 9.17) is 9.47 Å². The molecule has 2 aromatic rings. The van der Waals surface area contributed by atoms with Crippen LogP contribution in [0.25, 0.3) is 10.9 Å². The molecule has 4 nitrogen and oxygen atoms in total. The third-order valence-corrected chi connectivity index (χ3v) is 4.09. The van der Waals surface area contributed by atoms with E-state index in [1.165, 1.54) is 6.07 Å². The Balaban J connectivity index is 1.88. The van der Waals surface area contributed by atoms with Crippen molar-refractivity contribution in [1.82, 2.24) is 9.47 Å². The van der Waals surface area contributed by atoms with Gasteiger partial charge in [-0.1, -0.05) is 0 Å². The number of hydrogen-bond donors (Lipinski definition) is 0. The van der Waals surface area contributed by atoms with Crippen LogP contribution in [0, 0.1) is 12.7 Å². The Morgan fingerprint density at radius 2 is 1.95 bits per heavy atom. The molecule has 1 aliphatic heterocycles. The Kier molecular flexibility index (Phi) is 4.12. The summed E-state index contributed by atoms with van der Waals surface area (Å²) in [6, 6.07) is 5.03. The minimum atomic E-state index is -0.260. The number of rotatable bonds is 4.